The molecule has 0 radical (unpaired) electrons. The second kappa shape index (κ2) is 8.37. The van der Waals surface area contributed by atoms with Crippen molar-refractivity contribution in [3.63, 3.8) is 0 Å². The lowest BCUT2D eigenvalue weighted by molar-refractivity contribution is 0.400. The van der Waals surface area contributed by atoms with Crippen LogP contribution >= 0.6 is 0 Å². The minimum Gasteiger partial charge on any atom is -0.341 e. The highest BCUT2D eigenvalue weighted by Crippen LogP contribution is 2.54. The van der Waals surface area contributed by atoms with Gasteiger partial charge in [0.05, 0.1) is 35.0 Å². The molecule has 1 spiro atoms. The van der Waals surface area contributed by atoms with Gasteiger partial charge in [0.1, 0.15) is 11.6 Å². The molecule has 1 aliphatic carbocycles. The minimum atomic E-state index is 0.333. The third-order valence-corrected chi connectivity index (χ3v) is 7.93. The quantitative estimate of drug-likeness (QED) is 0.324. The van der Waals surface area contributed by atoms with Crippen molar-refractivity contribution < 1.29 is 0 Å². The molecule has 2 aromatic carbocycles. The molecule has 4 aromatic rings. The molecule has 6 heteroatoms. The fraction of sp³-hybridized carbons (Fsp3) is 0.379. The highest BCUT2D eigenvalue weighted by atomic mass is 15.1. The van der Waals surface area contributed by atoms with Gasteiger partial charge >= 0.3 is 0 Å². The first-order valence-corrected chi connectivity index (χ1v) is 12.9. The molecule has 2 aromatic heterocycles. The van der Waals surface area contributed by atoms with E-state index in [-0.39, 0.29) is 0 Å². The molecule has 0 unspecified atom stereocenters. The van der Waals surface area contributed by atoms with Crippen LogP contribution in [0.5, 0.6) is 0 Å². The summed E-state index contributed by atoms with van der Waals surface area (Å²) in [7, 11) is 0. The van der Waals surface area contributed by atoms with Gasteiger partial charge in [-0.3, -0.25) is 0 Å². The van der Waals surface area contributed by atoms with E-state index in [4.69, 9.17) is 4.98 Å². The van der Waals surface area contributed by atoms with Gasteiger partial charge in [-0.25, -0.2) is 9.97 Å². The first-order valence-electron chi connectivity index (χ1n) is 12.9. The zero-order chi connectivity index (χ0) is 23.2. The van der Waals surface area contributed by atoms with E-state index in [0.29, 0.717) is 17.5 Å². The summed E-state index contributed by atoms with van der Waals surface area (Å²) in [5.41, 5.74) is 6.80. The fourth-order valence-electron chi connectivity index (χ4n) is 5.56. The molecule has 0 bridgehead atoms. The zero-order valence-corrected chi connectivity index (χ0v) is 19.8. The second-order valence-corrected chi connectivity index (χ2v) is 10.5. The van der Waals surface area contributed by atoms with E-state index in [9.17, 15) is 0 Å². The first-order chi connectivity index (χ1) is 17.2. The Morgan fingerprint density at radius 2 is 1.71 bits per heavy atom. The van der Waals surface area contributed by atoms with Gasteiger partial charge in [-0.15, -0.1) is 0 Å². The number of nitrogens with one attached hydrogen (secondary N) is 4. The van der Waals surface area contributed by atoms with Crippen LogP contribution in [-0.4, -0.2) is 33.0 Å². The smallest absolute Gasteiger partial charge is 0.124 e. The molecule has 2 saturated heterocycles. The molecule has 6 nitrogen and oxygen atoms in total. The fourth-order valence-corrected chi connectivity index (χ4v) is 5.56. The van der Waals surface area contributed by atoms with E-state index in [1.54, 1.807) is 0 Å². The van der Waals surface area contributed by atoms with Crippen LogP contribution in [0.4, 0.5) is 0 Å². The van der Waals surface area contributed by atoms with Crippen LogP contribution in [0.1, 0.15) is 73.4 Å². The van der Waals surface area contributed by atoms with Crippen LogP contribution in [0.3, 0.4) is 0 Å². The van der Waals surface area contributed by atoms with Crippen LogP contribution in [0.15, 0.2) is 48.7 Å². The topological polar surface area (TPSA) is 81.4 Å². The summed E-state index contributed by atoms with van der Waals surface area (Å²) in [4.78, 5) is 16.5. The van der Waals surface area contributed by atoms with E-state index in [1.807, 2.05) is 6.20 Å². The highest BCUT2D eigenvalue weighted by Gasteiger charge is 2.49. The summed E-state index contributed by atoms with van der Waals surface area (Å²) >= 11 is 0. The number of nitrogens with zero attached hydrogens (tertiary/aromatic N) is 2. The number of fused-ring (bicyclic) bond motifs is 1. The van der Waals surface area contributed by atoms with Gasteiger partial charge in [0.25, 0.3) is 0 Å². The van der Waals surface area contributed by atoms with E-state index >= 15 is 0 Å². The summed E-state index contributed by atoms with van der Waals surface area (Å²) < 4.78 is 0. The van der Waals surface area contributed by atoms with Crippen molar-refractivity contribution in [3.8, 4) is 23.1 Å². The molecule has 2 aliphatic heterocycles. The Hall–Kier alpha value is -3.40. The molecule has 3 fully saturated rings. The Labute approximate surface area is 205 Å². The van der Waals surface area contributed by atoms with Crippen LogP contribution in [0.2, 0.25) is 0 Å². The largest absolute Gasteiger partial charge is 0.341 e. The van der Waals surface area contributed by atoms with Gasteiger partial charge in [0.15, 0.2) is 0 Å². The van der Waals surface area contributed by atoms with Crippen molar-refractivity contribution in [2.45, 2.75) is 50.6 Å². The summed E-state index contributed by atoms with van der Waals surface area (Å²) in [6.45, 7) is 2.20. The van der Waals surface area contributed by atoms with Crippen molar-refractivity contribution in [1.82, 2.24) is 30.6 Å². The summed E-state index contributed by atoms with van der Waals surface area (Å²) in [6.07, 6.45) is 9.52. The lowest BCUT2D eigenvalue weighted by atomic mass is 10.0. The lowest BCUT2D eigenvalue weighted by Crippen LogP contribution is -2.27. The molecule has 176 valence electrons. The Kier molecular flexibility index (Phi) is 5.00. The number of hydrogen-bond acceptors (Lipinski definition) is 4. The number of rotatable bonds is 3. The molecule has 35 heavy (non-hydrogen) atoms. The van der Waals surface area contributed by atoms with Crippen molar-refractivity contribution in [3.05, 3.63) is 71.4 Å². The van der Waals surface area contributed by atoms with E-state index in [2.05, 4.69) is 79.9 Å². The maximum absolute atomic E-state index is 4.79. The zero-order valence-electron chi connectivity index (χ0n) is 19.8. The van der Waals surface area contributed by atoms with E-state index < -0.39 is 0 Å². The van der Waals surface area contributed by atoms with Crippen LogP contribution < -0.4 is 10.6 Å². The maximum Gasteiger partial charge on any atom is 0.124 e. The van der Waals surface area contributed by atoms with Crippen LogP contribution in [-0.2, 0) is 0 Å². The number of hydrogen-bond donors (Lipinski definition) is 4. The summed E-state index contributed by atoms with van der Waals surface area (Å²) in [5, 5.41) is 7.20. The maximum atomic E-state index is 4.79. The Bertz CT molecular complexity index is 1420. The third kappa shape index (κ3) is 4.16. The molecule has 1 saturated carbocycles. The van der Waals surface area contributed by atoms with Gasteiger partial charge in [-0.1, -0.05) is 30.4 Å². The summed E-state index contributed by atoms with van der Waals surface area (Å²) in [5.74, 6) is 8.72. The minimum absolute atomic E-state index is 0.333. The molecule has 2 atom stereocenters. The van der Waals surface area contributed by atoms with Gasteiger partial charge in [-0.2, -0.15) is 0 Å². The van der Waals surface area contributed by atoms with Gasteiger partial charge in [0.2, 0.25) is 0 Å². The van der Waals surface area contributed by atoms with Crippen LogP contribution in [0.25, 0.3) is 22.3 Å². The summed E-state index contributed by atoms with van der Waals surface area (Å²) in [6, 6.07) is 15.3. The number of H-pyrrole nitrogens is 2. The van der Waals surface area contributed by atoms with E-state index in [0.717, 1.165) is 64.6 Å². The highest BCUT2D eigenvalue weighted by molar-refractivity contribution is 5.77. The average molecular weight is 463 g/mol. The predicted molar refractivity (Wildman–Crippen MR) is 138 cm³/mol. The van der Waals surface area contributed by atoms with Crippen molar-refractivity contribution in [1.29, 1.82) is 0 Å². The third-order valence-electron chi connectivity index (χ3n) is 7.93. The van der Waals surface area contributed by atoms with Crippen molar-refractivity contribution in [2.75, 3.05) is 13.1 Å². The molecule has 0 amide bonds. The second-order valence-electron chi connectivity index (χ2n) is 10.5. The Morgan fingerprint density at radius 3 is 2.51 bits per heavy atom. The lowest BCUT2D eigenvalue weighted by Gasteiger charge is -2.21. The average Bonchev–Trinajstić information content (AvgIpc) is 3.26. The Morgan fingerprint density at radius 1 is 0.857 bits per heavy atom. The number of imidazole rings is 2. The molecular weight excluding hydrogens is 432 g/mol. The first kappa shape index (κ1) is 20.9. The Balaban J connectivity index is 1.05. The molecule has 4 heterocycles. The normalized spacial score (nSPS) is 22.9. The number of aromatic amines is 2. The van der Waals surface area contributed by atoms with Crippen molar-refractivity contribution >= 4 is 11.0 Å². The standard InChI is InChI=1S/C29H30N6/c1-2-14-30-23(3-1)28-33-22-11-8-20(15-24(22)34-28)5-4-19-6-9-21(10-7-19)26-17-31-27(35-26)25-16-29(12-13-29)18-32-25/h6-11,15,17,23,25,30,32H,1-3,12-14,16,18H2,(H,31,35)(H,33,34)/t23-,25-/m0/s1. The molecule has 3 aliphatic rings. The predicted octanol–water partition coefficient (Wildman–Crippen LogP) is 4.98. The van der Waals surface area contributed by atoms with E-state index in [1.165, 1.54) is 32.1 Å². The van der Waals surface area contributed by atoms with Gasteiger partial charge in [-0.05, 0) is 80.0 Å². The number of piperidine rings is 1. The number of benzene rings is 2. The number of aromatic nitrogens is 4. The molecular formula is C29H30N6. The SMILES string of the molecule is C(#Cc1ccc2nc([C@@H]3CCCCN3)[nH]c2c1)c1ccc(-c2cnc([C@@H]3CC4(CC4)CN3)[nH]2)cc1. The molecule has 7 rings (SSSR count). The monoisotopic (exact) mass is 462 g/mol. The van der Waals surface area contributed by atoms with Crippen molar-refractivity contribution in [2.24, 2.45) is 5.41 Å². The van der Waals surface area contributed by atoms with Crippen LogP contribution in [0, 0.1) is 17.3 Å². The van der Waals surface area contributed by atoms with Gasteiger partial charge < -0.3 is 20.6 Å². The molecule has 4 N–H and O–H groups in total. The van der Waals surface area contributed by atoms with Gasteiger partial charge in [0, 0.05) is 17.7 Å².